The number of carbonyl (C=O) groups excluding carboxylic acids is 2. The maximum absolute atomic E-state index is 12.0. The predicted octanol–water partition coefficient (Wildman–Crippen LogP) is 1.36. The molecule has 6 heteroatoms. The molecule has 2 rings (SSSR count). The van der Waals surface area contributed by atoms with Gasteiger partial charge in [-0.3, -0.25) is 15.0 Å². The van der Waals surface area contributed by atoms with Crippen LogP contribution in [0.3, 0.4) is 0 Å². The van der Waals surface area contributed by atoms with Gasteiger partial charge in [0.25, 0.3) is 0 Å². The number of morpholine rings is 1. The first kappa shape index (κ1) is 17.2. The highest BCUT2D eigenvalue weighted by atomic mass is 16.5. The topological polar surface area (TPSA) is 70.7 Å². The van der Waals surface area contributed by atoms with E-state index in [9.17, 15) is 9.59 Å². The lowest BCUT2D eigenvalue weighted by atomic mass is 9.78. The van der Waals surface area contributed by atoms with Gasteiger partial charge >= 0.3 is 6.03 Å². The molecule has 0 spiro atoms. The second kappa shape index (κ2) is 7.92. The van der Waals surface area contributed by atoms with Gasteiger partial charge in [0.2, 0.25) is 5.91 Å². The summed E-state index contributed by atoms with van der Waals surface area (Å²) in [6.07, 6.45) is 3.49. The Morgan fingerprint density at radius 1 is 1.23 bits per heavy atom. The molecule has 4 atom stereocenters. The van der Waals surface area contributed by atoms with Crippen molar-refractivity contribution >= 4 is 11.9 Å². The fourth-order valence-corrected chi connectivity index (χ4v) is 3.39. The summed E-state index contributed by atoms with van der Waals surface area (Å²) in [5, 5.41) is 5.42. The lowest BCUT2D eigenvalue weighted by Gasteiger charge is -2.34. The number of ether oxygens (including phenoxy) is 1. The van der Waals surface area contributed by atoms with E-state index < -0.39 is 0 Å². The number of nitrogens with zero attached hydrogens (tertiary/aromatic N) is 1. The van der Waals surface area contributed by atoms with Crippen molar-refractivity contribution in [2.75, 3.05) is 26.2 Å². The second-order valence-corrected chi connectivity index (χ2v) is 6.81. The number of amides is 3. The van der Waals surface area contributed by atoms with Crippen molar-refractivity contribution in [3.8, 4) is 0 Å². The van der Waals surface area contributed by atoms with E-state index in [2.05, 4.69) is 24.5 Å². The van der Waals surface area contributed by atoms with Crippen LogP contribution in [0, 0.1) is 11.8 Å². The Labute approximate surface area is 132 Å². The number of hydrogen-bond acceptors (Lipinski definition) is 4. The SMILES string of the molecule is C[C@@H]1[C@H](C)CCC[C@H]1NC(=O)NC(=O)CN1CCO[C@H](C)C1. The molecule has 1 saturated heterocycles. The Balaban J connectivity index is 1.73. The highest BCUT2D eigenvalue weighted by Gasteiger charge is 2.28. The first-order chi connectivity index (χ1) is 10.5. The minimum atomic E-state index is -0.364. The van der Waals surface area contributed by atoms with Gasteiger partial charge in [-0.2, -0.15) is 0 Å². The third kappa shape index (κ3) is 4.95. The van der Waals surface area contributed by atoms with Gasteiger partial charge in [-0.25, -0.2) is 4.79 Å². The lowest BCUT2D eigenvalue weighted by Crippen LogP contribution is -2.52. The molecule has 0 radical (unpaired) electrons. The Morgan fingerprint density at radius 2 is 2.00 bits per heavy atom. The van der Waals surface area contributed by atoms with Crippen molar-refractivity contribution in [3.63, 3.8) is 0 Å². The fraction of sp³-hybridized carbons (Fsp3) is 0.875. The number of urea groups is 1. The van der Waals surface area contributed by atoms with Crippen LogP contribution < -0.4 is 10.6 Å². The number of rotatable bonds is 3. The highest BCUT2D eigenvalue weighted by molar-refractivity contribution is 5.95. The lowest BCUT2D eigenvalue weighted by molar-refractivity contribution is -0.123. The van der Waals surface area contributed by atoms with Crippen LogP contribution in [-0.4, -0.2) is 55.2 Å². The summed E-state index contributed by atoms with van der Waals surface area (Å²) in [6.45, 7) is 8.73. The molecule has 0 bridgehead atoms. The zero-order valence-corrected chi connectivity index (χ0v) is 13.9. The maximum atomic E-state index is 12.0. The van der Waals surface area contributed by atoms with Gasteiger partial charge in [-0.1, -0.05) is 26.7 Å². The largest absolute Gasteiger partial charge is 0.376 e. The van der Waals surface area contributed by atoms with E-state index in [1.165, 1.54) is 6.42 Å². The molecule has 0 aromatic heterocycles. The average Bonchev–Trinajstić information content (AvgIpc) is 2.43. The van der Waals surface area contributed by atoms with Gasteiger partial charge in [0.1, 0.15) is 0 Å². The van der Waals surface area contributed by atoms with Crippen LogP contribution in [0.25, 0.3) is 0 Å². The third-order valence-corrected chi connectivity index (χ3v) is 4.97. The van der Waals surface area contributed by atoms with E-state index in [0.29, 0.717) is 18.4 Å². The van der Waals surface area contributed by atoms with Gasteiger partial charge in [0, 0.05) is 19.1 Å². The van der Waals surface area contributed by atoms with Crippen LogP contribution in [0.5, 0.6) is 0 Å². The fourth-order valence-electron chi connectivity index (χ4n) is 3.39. The molecule has 3 amide bonds. The van der Waals surface area contributed by atoms with Crippen molar-refractivity contribution in [3.05, 3.63) is 0 Å². The van der Waals surface area contributed by atoms with Crippen molar-refractivity contribution < 1.29 is 14.3 Å². The molecule has 2 fully saturated rings. The molecule has 22 heavy (non-hydrogen) atoms. The molecular weight excluding hydrogens is 282 g/mol. The molecule has 2 aliphatic rings. The first-order valence-corrected chi connectivity index (χ1v) is 8.40. The van der Waals surface area contributed by atoms with Crippen LogP contribution in [0.1, 0.15) is 40.0 Å². The van der Waals surface area contributed by atoms with Gasteiger partial charge in [-0.05, 0) is 25.2 Å². The monoisotopic (exact) mass is 311 g/mol. The van der Waals surface area contributed by atoms with Crippen LogP contribution in [0.15, 0.2) is 0 Å². The van der Waals surface area contributed by atoms with E-state index in [1.54, 1.807) is 0 Å². The van der Waals surface area contributed by atoms with Crippen LogP contribution in [-0.2, 0) is 9.53 Å². The molecule has 1 heterocycles. The molecule has 6 nitrogen and oxygen atoms in total. The average molecular weight is 311 g/mol. The van der Waals surface area contributed by atoms with Crippen LogP contribution in [0.4, 0.5) is 4.79 Å². The second-order valence-electron chi connectivity index (χ2n) is 6.81. The number of carbonyl (C=O) groups is 2. The predicted molar refractivity (Wildman–Crippen MR) is 84.5 cm³/mol. The first-order valence-electron chi connectivity index (χ1n) is 8.40. The Hall–Kier alpha value is -1.14. The van der Waals surface area contributed by atoms with Gasteiger partial charge in [0.15, 0.2) is 0 Å². The van der Waals surface area contributed by atoms with Crippen molar-refractivity contribution in [1.29, 1.82) is 0 Å². The van der Waals surface area contributed by atoms with E-state index in [-0.39, 0.29) is 30.6 Å². The maximum Gasteiger partial charge on any atom is 0.321 e. The van der Waals surface area contributed by atoms with Crippen molar-refractivity contribution in [2.24, 2.45) is 11.8 Å². The summed E-state index contributed by atoms with van der Waals surface area (Å²) >= 11 is 0. The Morgan fingerprint density at radius 3 is 2.73 bits per heavy atom. The van der Waals surface area contributed by atoms with E-state index in [0.717, 1.165) is 25.9 Å². The molecular formula is C16H29N3O3. The summed E-state index contributed by atoms with van der Waals surface area (Å²) < 4.78 is 5.44. The molecule has 2 N–H and O–H groups in total. The molecule has 126 valence electrons. The zero-order chi connectivity index (χ0) is 16.1. The summed E-state index contributed by atoms with van der Waals surface area (Å²) in [5.41, 5.74) is 0. The Bertz CT molecular complexity index is 402. The summed E-state index contributed by atoms with van der Waals surface area (Å²) in [7, 11) is 0. The van der Waals surface area contributed by atoms with Crippen LogP contribution in [0.2, 0.25) is 0 Å². The standard InChI is InChI=1S/C16H29N3O3/c1-11-5-4-6-14(13(11)3)17-16(21)18-15(20)10-19-7-8-22-12(2)9-19/h11-14H,4-10H2,1-3H3,(H2,17,18,20,21)/t11-,12-,13-,14-/m1/s1. The zero-order valence-electron chi connectivity index (χ0n) is 13.9. The van der Waals surface area contributed by atoms with Crippen LogP contribution >= 0.6 is 0 Å². The molecule has 1 aliphatic heterocycles. The van der Waals surface area contributed by atoms with Gasteiger partial charge < -0.3 is 10.1 Å². The smallest absolute Gasteiger partial charge is 0.321 e. The molecule has 0 aromatic carbocycles. The summed E-state index contributed by atoms with van der Waals surface area (Å²) in [4.78, 5) is 26.0. The number of nitrogens with one attached hydrogen (secondary N) is 2. The molecule has 0 unspecified atom stereocenters. The molecule has 0 aromatic rings. The minimum Gasteiger partial charge on any atom is -0.376 e. The Kier molecular flexibility index (Phi) is 6.20. The van der Waals surface area contributed by atoms with E-state index in [1.807, 2.05) is 11.8 Å². The number of imide groups is 1. The third-order valence-electron chi connectivity index (χ3n) is 4.97. The quantitative estimate of drug-likeness (QED) is 0.825. The van der Waals surface area contributed by atoms with Gasteiger partial charge in [-0.15, -0.1) is 0 Å². The minimum absolute atomic E-state index is 0.139. The highest BCUT2D eigenvalue weighted by Crippen LogP contribution is 2.29. The molecule has 1 aliphatic carbocycles. The van der Waals surface area contributed by atoms with E-state index in [4.69, 9.17) is 4.74 Å². The summed E-state index contributed by atoms with van der Waals surface area (Å²) in [5.74, 6) is 0.822. The van der Waals surface area contributed by atoms with Gasteiger partial charge in [0.05, 0.1) is 19.3 Å². The normalized spacial score (nSPS) is 33.2. The van der Waals surface area contributed by atoms with Crippen molar-refractivity contribution in [2.45, 2.75) is 52.2 Å². The summed E-state index contributed by atoms with van der Waals surface area (Å²) in [6, 6.07) is -0.197. The molecule has 1 saturated carbocycles. The van der Waals surface area contributed by atoms with Crippen molar-refractivity contribution in [1.82, 2.24) is 15.5 Å². The number of hydrogen-bond donors (Lipinski definition) is 2. The van der Waals surface area contributed by atoms with E-state index >= 15 is 0 Å².